The van der Waals surface area contributed by atoms with Crippen LogP contribution in [0.15, 0.2) is 23.3 Å². The van der Waals surface area contributed by atoms with E-state index in [2.05, 4.69) is 10.5 Å². The summed E-state index contributed by atoms with van der Waals surface area (Å²) in [6.45, 7) is 1.69. The highest BCUT2D eigenvalue weighted by atomic mass is 16.1. The number of primary amides is 1. The molecule has 1 rings (SSSR count). The minimum atomic E-state index is -0.549. The fourth-order valence-corrected chi connectivity index (χ4v) is 1.29. The summed E-state index contributed by atoms with van der Waals surface area (Å²) in [6, 6.07) is 6.56. The number of nitriles is 1. The molecule has 1 amide bonds. The van der Waals surface area contributed by atoms with Crippen molar-refractivity contribution < 1.29 is 4.79 Å². The van der Waals surface area contributed by atoms with E-state index in [1.165, 1.54) is 0 Å². The number of nitrogens with one attached hydrogen (secondary N) is 2. The summed E-state index contributed by atoms with van der Waals surface area (Å²) in [5.74, 6) is -0.985. The molecule has 6 N–H and O–H groups in total. The van der Waals surface area contributed by atoms with Gasteiger partial charge in [0, 0.05) is 5.56 Å². The molecule has 0 saturated heterocycles. The molecular weight excluding hydrogens is 232 g/mol. The third-order valence-corrected chi connectivity index (χ3v) is 2.25. The zero-order chi connectivity index (χ0) is 13.7. The molecule has 0 saturated carbocycles. The smallest absolute Gasteiger partial charge is 0.249 e. The maximum Gasteiger partial charge on any atom is 0.249 e. The number of hydrogen-bond donors (Lipinski definition) is 4. The van der Waals surface area contributed by atoms with Crippen molar-refractivity contribution in [3.63, 3.8) is 0 Å². The van der Waals surface area contributed by atoms with Crippen molar-refractivity contribution in [1.29, 1.82) is 10.7 Å². The van der Waals surface area contributed by atoms with Crippen LogP contribution in [0.4, 0.5) is 5.69 Å². The Hall–Kier alpha value is -2.88. The molecule has 0 aliphatic rings. The molecule has 0 radical (unpaired) electrons. The van der Waals surface area contributed by atoms with Gasteiger partial charge in [-0.2, -0.15) is 10.4 Å². The SMILES string of the molecule is Cc1c(N/N=C(\C#N)C(=N)N)cccc1C(N)=O. The van der Waals surface area contributed by atoms with E-state index in [9.17, 15) is 4.79 Å². The maximum atomic E-state index is 11.1. The Morgan fingerprint density at radius 2 is 2.17 bits per heavy atom. The lowest BCUT2D eigenvalue weighted by Gasteiger charge is -2.08. The average Bonchev–Trinajstić information content (AvgIpc) is 2.31. The van der Waals surface area contributed by atoms with Gasteiger partial charge >= 0.3 is 0 Å². The van der Waals surface area contributed by atoms with Crippen LogP contribution < -0.4 is 16.9 Å². The van der Waals surface area contributed by atoms with Crippen molar-refractivity contribution in [2.75, 3.05) is 5.43 Å². The van der Waals surface area contributed by atoms with Crippen molar-refractivity contribution >= 4 is 23.1 Å². The summed E-state index contributed by atoms with van der Waals surface area (Å²) in [6.07, 6.45) is 0. The van der Waals surface area contributed by atoms with Crippen molar-refractivity contribution in [2.45, 2.75) is 6.92 Å². The molecule has 1 aromatic rings. The normalized spacial score (nSPS) is 10.6. The summed E-state index contributed by atoms with van der Waals surface area (Å²) in [5, 5.41) is 19.4. The monoisotopic (exact) mass is 244 g/mol. The lowest BCUT2D eigenvalue weighted by molar-refractivity contribution is 0.1000. The summed E-state index contributed by atoms with van der Waals surface area (Å²) in [4.78, 5) is 11.1. The van der Waals surface area contributed by atoms with Gasteiger partial charge in [-0.1, -0.05) is 6.07 Å². The Labute approximate surface area is 104 Å². The zero-order valence-electron chi connectivity index (χ0n) is 9.69. The second-order valence-corrected chi connectivity index (χ2v) is 3.44. The van der Waals surface area contributed by atoms with E-state index in [1.807, 2.05) is 0 Å². The van der Waals surface area contributed by atoms with Crippen LogP contribution in [0.2, 0.25) is 0 Å². The van der Waals surface area contributed by atoms with Gasteiger partial charge in [0.05, 0.1) is 5.69 Å². The Bertz CT molecular complexity index is 569. The Balaban J connectivity index is 3.07. The lowest BCUT2D eigenvalue weighted by Crippen LogP contribution is -2.22. The number of amidine groups is 1. The van der Waals surface area contributed by atoms with Crippen LogP contribution in [-0.4, -0.2) is 17.5 Å². The molecule has 7 heteroatoms. The second kappa shape index (κ2) is 5.45. The third-order valence-electron chi connectivity index (χ3n) is 2.25. The molecule has 0 aromatic heterocycles. The Morgan fingerprint density at radius 3 is 2.67 bits per heavy atom. The zero-order valence-corrected chi connectivity index (χ0v) is 9.69. The van der Waals surface area contributed by atoms with Crippen LogP contribution in [0.5, 0.6) is 0 Å². The summed E-state index contributed by atoms with van der Waals surface area (Å²) >= 11 is 0. The number of anilines is 1. The van der Waals surface area contributed by atoms with Crippen LogP contribution >= 0.6 is 0 Å². The van der Waals surface area contributed by atoms with E-state index in [4.69, 9.17) is 22.1 Å². The summed E-state index contributed by atoms with van der Waals surface area (Å²) in [5.41, 5.74) is 14.2. The van der Waals surface area contributed by atoms with Gasteiger partial charge in [-0.05, 0) is 24.6 Å². The topological polar surface area (TPSA) is 141 Å². The fraction of sp³-hybridized carbons (Fsp3) is 0.0909. The minimum absolute atomic E-state index is 0.237. The molecule has 0 heterocycles. The molecule has 0 fully saturated rings. The summed E-state index contributed by atoms with van der Waals surface area (Å²) in [7, 11) is 0. The molecule has 1 aromatic carbocycles. The number of carbonyl (C=O) groups excluding carboxylic acids is 1. The lowest BCUT2D eigenvalue weighted by atomic mass is 10.1. The van der Waals surface area contributed by atoms with Crippen molar-refractivity contribution in [1.82, 2.24) is 0 Å². The van der Waals surface area contributed by atoms with Crippen molar-refractivity contribution in [3.8, 4) is 6.07 Å². The number of nitrogens with zero attached hydrogens (tertiary/aromatic N) is 2. The first-order valence-electron chi connectivity index (χ1n) is 4.95. The molecule has 92 valence electrons. The van der Waals surface area contributed by atoms with Gasteiger partial charge in [0.25, 0.3) is 0 Å². The average molecular weight is 244 g/mol. The van der Waals surface area contributed by atoms with E-state index in [-0.39, 0.29) is 5.71 Å². The highest BCUT2D eigenvalue weighted by molar-refractivity contribution is 6.45. The van der Waals surface area contributed by atoms with Gasteiger partial charge in [0.1, 0.15) is 6.07 Å². The van der Waals surface area contributed by atoms with Crippen LogP contribution in [0.3, 0.4) is 0 Å². The molecule has 0 unspecified atom stereocenters. The highest BCUT2D eigenvalue weighted by Gasteiger charge is 2.08. The van der Waals surface area contributed by atoms with Crippen LogP contribution in [-0.2, 0) is 0 Å². The molecular formula is C11H12N6O. The first-order chi connectivity index (χ1) is 8.47. The predicted molar refractivity (Wildman–Crippen MR) is 68.3 cm³/mol. The molecule has 0 aliphatic carbocycles. The van der Waals surface area contributed by atoms with Gasteiger partial charge < -0.3 is 11.5 Å². The first kappa shape index (κ1) is 13.2. The minimum Gasteiger partial charge on any atom is -0.382 e. The predicted octanol–water partition coefficient (Wildman–Crippen LogP) is 0.321. The highest BCUT2D eigenvalue weighted by Crippen LogP contribution is 2.18. The number of carbonyl (C=O) groups is 1. The first-order valence-corrected chi connectivity index (χ1v) is 4.95. The van der Waals surface area contributed by atoms with Crippen LogP contribution in [0.25, 0.3) is 0 Å². The van der Waals surface area contributed by atoms with Crippen LogP contribution in [0, 0.1) is 23.7 Å². The molecule has 18 heavy (non-hydrogen) atoms. The van der Waals surface area contributed by atoms with E-state index in [0.29, 0.717) is 16.8 Å². The van der Waals surface area contributed by atoms with Crippen molar-refractivity contribution in [2.24, 2.45) is 16.6 Å². The number of nitrogens with two attached hydrogens (primary N) is 2. The number of benzene rings is 1. The largest absolute Gasteiger partial charge is 0.382 e. The molecule has 0 spiro atoms. The molecule has 0 bridgehead atoms. The van der Waals surface area contributed by atoms with E-state index >= 15 is 0 Å². The quantitative estimate of drug-likeness (QED) is 0.343. The Kier molecular flexibility index (Phi) is 3.99. The van der Waals surface area contributed by atoms with E-state index in [1.54, 1.807) is 31.2 Å². The molecule has 7 nitrogen and oxygen atoms in total. The number of rotatable bonds is 4. The second-order valence-electron chi connectivity index (χ2n) is 3.44. The van der Waals surface area contributed by atoms with Gasteiger partial charge in [-0.25, -0.2) is 0 Å². The molecule has 0 aliphatic heterocycles. The van der Waals surface area contributed by atoms with E-state index in [0.717, 1.165) is 0 Å². The third kappa shape index (κ3) is 2.82. The van der Waals surface area contributed by atoms with Crippen molar-refractivity contribution in [3.05, 3.63) is 29.3 Å². The van der Waals surface area contributed by atoms with Gasteiger partial charge in [-0.15, -0.1) is 0 Å². The molecule has 0 atom stereocenters. The number of hydrazone groups is 1. The maximum absolute atomic E-state index is 11.1. The van der Waals surface area contributed by atoms with Gasteiger partial charge in [-0.3, -0.25) is 15.6 Å². The van der Waals surface area contributed by atoms with Gasteiger partial charge in [0.15, 0.2) is 5.84 Å². The summed E-state index contributed by atoms with van der Waals surface area (Å²) < 4.78 is 0. The standard InChI is InChI=1S/C11H12N6O/c1-6-7(11(15)18)3-2-4-8(6)16-17-9(5-12)10(13)14/h2-4,16H,1H3,(H3,13,14)(H2,15,18)/b17-9+. The number of hydrogen-bond acceptors (Lipinski definition) is 5. The van der Waals surface area contributed by atoms with Gasteiger partial charge in [0.2, 0.25) is 11.6 Å². The Morgan fingerprint density at radius 1 is 1.50 bits per heavy atom. The van der Waals surface area contributed by atoms with Crippen LogP contribution in [0.1, 0.15) is 15.9 Å². The number of amides is 1. The van der Waals surface area contributed by atoms with E-state index < -0.39 is 11.7 Å². The fourth-order valence-electron chi connectivity index (χ4n) is 1.29.